The number of nitrogens with zero attached hydrogens (tertiary/aromatic N) is 3. The van der Waals surface area contributed by atoms with Crippen LogP contribution >= 0.6 is 0 Å². The van der Waals surface area contributed by atoms with Gasteiger partial charge in [-0.3, -0.25) is 9.36 Å². The molecule has 0 bridgehead atoms. The van der Waals surface area contributed by atoms with Gasteiger partial charge in [0.05, 0.1) is 23.2 Å². The van der Waals surface area contributed by atoms with Crippen molar-refractivity contribution in [3.63, 3.8) is 0 Å². The Labute approximate surface area is 158 Å². The maximum atomic E-state index is 12.6. The van der Waals surface area contributed by atoms with Crippen molar-refractivity contribution in [2.24, 2.45) is 5.10 Å². The molecule has 27 heavy (non-hydrogen) atoms. The third kappa shape index (κ3) is 4.16. The number of anilines is 1. The highest BCUT2D eigenvalue weighted by Crippen LogP contribution is 2.14. The Kier molecular flexibility index (Phi) is 5.86. The lowest BCUT2D eigenvalue weighted by atomic mass is 10.1. The zero-order chi connectivity index (χ0) is 19.2. The van der Waals surface area contributed by atoms with Crippen LogP contribution in [0.1, 0.15) is 32.8 Å². The number of hydrazone groups is 1. The van der Waals surface area contributed by atoms with E-state index in [4.69, 9.17) is 4.74 Å². The molecule has 1 N–H and O–H groups in total. The zero-order valence-corrected chi connectivity index (χ0v) is 15.9. The highest BCUT2D eigenvalue weighted by atomic mass is 16.5. The second kappa shape index (κ2) is 8.49. The molecule has 3 rings (SSSR count). The van der Waals surface area contributed by atoms with Gasteiger partial charge in [0.15, 0.2) is 0 Å². The first-order chi connectivity index (χ1) is 13.1. The lowest BCUT2D eigenvalue weighted by molar-refractivity contribution is 0.317. The van der Waals surface area contributed by atoms with Gasteiger partial charge in [-0.25, -0.2) is 10.4 Å². The Bertz CT molecular complexity index is 1010. The average molecular weight is 364 g/mol. The molecule has 0 aliphatic rings. The molecule has 0 saturated heterocycles. The van der Waals surface area contributed by atoms with Gasteiger partial charge in [-0.05, 0) is 62.2 Å². The van der Waals surface area contributed by atoms with Gasteiger partial charge >= 0.3 is 0 Å². The molecule has 0 atom stereocenters. The summed E-state index contributed by atoms with van der Waals surface area (Å²) in [4.78, 5) is 17.2. The van der Waals surface area contributed by atoms with E-state index in [9.17, 15) is 4.79 Å². The van der Waals surface area contributed by atoms with Crippen LogP contribution in [0.2, 0.25) is 0 Å². The molecule has 2 aromatic carbocycles. The molecular weight excluding hydrogens is 340 g/mol. The van der Waals surface area contributed by atoms with Crippen LogP contribution in [-0.2, 0) is 6.54 Å². The number of fused-ring (bicyclic) bond motifs is 1. The smallest absolute Gasteiger partial charge is 0.262 e. The fourth-order valence-corrected chi connectivity index (χ4v) is 2.76. The standard InChI is InChI=1S/C21H24N4O2/c1-4-14-27-17-12-10-16(11-13-17)15(3)23-24-21-22-19-9-7-6-8-18(19)20(26)25(21)5-2/h6-13H,4-5,14H2,1-3H3,(H,22,24)/b23-15-. The van der Waals surface area contributed by atoms with Gasteiger partial charge in [0, 0.05) is 6.54 Å². The van der Waals surface area contributed by atoms with Crippen LogP contribution in [0.25, 0.3) is 10.9 Å². The number of para-hydroxylation sites is 1. The fourth-order valence-electron chi connectivity index (χ4n) is 2.76. The number of aromatic nitrogens is 2. The van der Waals surface area contributed by atoms with E-state index in [-0.39, 0.29) is 5.56 Å². The van der Waals surface area contributed by atoms with E-state index in [2.05, 4.69) is 22.4 Å². The van der Waals surface area contributed by atoms with Crippen molar-refractivity contribution < 1.29 is 4.74 Å². The molecule has 0 aliphatic carbocycles. The first kappa shape index (κ1) is 18.6. The molecule has 6 nitrogen and oxygen atoms in total. The molecule has 0 spiro atoms. The van der Waals surface area contributed by atoms with Crippen molar-refractivity contribution >= 4 is 22.6 Å². The molecule has 0 amide bonds. The summed E-state index contributed by atoms with van der Waals surface area (Å²) in [7, 11) is 0. The van der Waals surface area contributed by atoms with E-state index in [1.807, 2.05) is 56.3 Å². The maximum Gasteiger partial charge on any atom is 0.262 e. The highest BCUT2D eigenvalue weighted by molar-refractivity contribution is 5.99. The van der Waals surface area contributed by atoms with E-state index >= 15 is 0 Å². The van der Waals surface area contributed by atoms with Crippen LogP contribution in [0.5, 0.6) is 5.75 Å². The summed E-state index contributed by atoms with van der Waals surface area (Å²) in [5.41, 5.74) is 5.30. The van der Waals surface area contributed by atoms with Crippen LogP contribution in [-0.4, -0.2) is 21.9 Å². The quantitative estimate of drug-likeness (QED) is 0.507. The SMILES string of the molecule is CCCOc1ccc(/C(C)=N\Nc2nc3ccccc3c(=O)n2CC)cc1. The third-order valence-electron chi connectivity index (χ3n) is 4.25. The van der Waals surface area contributed by atoms with E-state index in [1.54, 1.807) is 10.6 Å². The summed E-state index contributed by atoms with van der Waals surface area (Å²) in [6.45, 7) is 7.11. The Morgan fingerprint density at radius 1 is 1.15 bits per heavy atom. The van der Waals surface area contributed by atoms with E-state index in [1.165, 1.54) is 0 Å². The van der Waals surface area contributed by atoms with Gasteiger partial charge in [-0.2, -0.15) is 5.10 Å². The normalized spacial score (nSPS) is 11.6. The molecule has 3 aromatic rings. The van der Waals surface area contributed by atoms with Crippen LogP contribution in [0.3, 0.4) is 0 Å². The first-order valence-corrected chi connectivity index (χ1v) is 9.17. The van der Waals surface area contributed by atoms with Gasteiger partial charge < -0.3 is 4.74 Å². The molecule has 1 heterocycles. The molecular formula is C21H24N4O2. The monoisotopic (exact) mass is 364 g/mol. The summed E-state index contributed by atoms with van der Waals surface area (Å²) in [5, 5.41) is 5.02. The minimum Gasteiger partial charge on any atom is -0.494 e. The second-order valence-electron chi connectivity index (χ2n) is 6.18. The maximum absolute atomic E-state index is 12.6. The number of hydrogen-bond acceptors (Lipinski definition) is 5. The van der Waals surface area contributed by atoms with Gasteiger partial charge in [-0.15, -0.1) is 0 Å². The van der Waals surface area contributed by atoms with Crippen molar-refractivity contribution in [2.45, 2.75) is 33.7 Å². The van der Waals surface area contributed by atoms with Gasteiger partial charge in [-0.1, -0.05) is 19.1 Å². The first-order valence-electron chi connectivity index (χ1n) is 9.17. The Balaban J connectivity index is 1.85. The summed E-state index contributed by atoms with van der Waals surface area (Å²) < 4.78 is 7.18. The summed E-state index contributed by atoms with van der Waals surface area (Å²) in [5.74, 6) is 1.28. The number of benzene rings is 2. The minimum absolute atomic E-state index is 0.0733. The molecule has 0 fully saturated rings. The predicted molar refractivity (Wildman–Crippen MR) is 110 cm³/mol. The third-order valence-corrected chi connectivity index (χ3v) is 4.25. The molecule has 140 valence electrons. The largest absolute Gasteiger partial charge is 0.494 e. The van der Waals surface area contributed by atoms with E-state index in [0.29, 0.717) is 30.0 Å². The molecule has 0 radical (unpaired) electrons. The number of hydrogen-bond donors (Lipinski definition) is 1. The molecule has 6 heteroatoms. The van der Waals surface area contributed by atoms with E-state index < -0.39 is 0 Å². The van der Waals surface area contributed by atoms with Crippen LogP contribution in [0, 0.1) is 0 Å². The summed E-state index contributed by atoms with van der Waals surface area (Å²) in [6, 6.07) is 15.1. The fraction of sp³-hybridized carbons (Fsp3) is 0.286. The zero-order valence-electron chi connectivity index (χ0n) is 15.9. The van der Waals surface area contributed by atoms with Crippen LogP contribution in [0.4, 0.5) is 5.95 Å². The highest BCUT2D eigenvalue weighted by Gasteiger charge is 2.09. The predicted octanol–water partition coefficient (Wildman–Crippen LogP) is 4.04. The van der Waals surface area contributed by atoms with E-state index in [0.717, 1.165) is 23.4 Å². The average Bonchev–Trinajstić information content (AvgIpc) is 2.71. The Morgan fingerprint density at radius 2 is 1.89 bits per heavy atom. The molecule has 1 aromatic heterocycles. The van der Waals surface area contributed by atoms with Crippen molar-refractivity contribution in [3.8, 4) is 5.75 Å². The Morgan fingerprint density at radius 3 is 2.59 bits per heavy atom. The summed E-state index contributed by atoms with van der Waals surface area (Å²) in [6.07, 6.45) is 0.976. The van der Waals surface area contributed by atoms with Crippen molar-refractivity contribution in [2.75, 3.05) is 12.0 Å². The lowest BCUT2D eigenvalue weighted by Gasteiger charge is -2.11. The van der Waals surface area contributed by atoms with Crippen LogP contribution < -0.4 is 15.7 Å². The van der Waals surface area contributed by atoms with Crippen molar-refractivity contribution in [3.05, 3.63) is 64.4 Å². The minimum atomic E-state index is -0.0733. The van der Waals surface area contributed by atoms with Crippen molar-refractivity contribution in [1.82, 2.24) is 9.55 Å². The van der Waals surface area contributed by atoms with Gasteiger partial charge in [0.2, 0.25) is 5.95 Å². The number of ether oxygens (including phenoxy) is 1. The molecule has 0 saturated carbocycles. The van der Waals surface area contributed by atoms with Crippen LogP contribution in [0.15, 0.2) is 58.4 Å². The molecule has 0 unspecified atom stereocenters. The number of rotatable bonds is 7. The number of nitrogens with one attached hydrogen (secondary N) is 1. The topological polar surface area (TPSA) is 68.5 Å². The van der Waals surface area contributed by atoms with Gasteiger partial charge in [0.1, 0.15) is 5.75 Å². The molecule has 0 aliphatic heterocycles. The van der Waals surface area contributed by atoms with Gasteiger partial charge in [0.25, 0.3) is 5.56 Å². The Hall–Kier alpha value is -3.15. The summed E-state index contributed by atoms with van der Waals surface area (Å²) >= 11 is 0. The lowest BCUT2D eigenvalue weighted by Crippen LogP contribution is -2.23. The van der Waals surface area contributed by atoms with Crippen molar-refractivity contribution in [1.29, 1.82) is 0 Å². The second-order valence-corrected chi connectivity index (χ2v) is 6.18.